The molecule has 1 unspecified atom stereocenters. The van der Waals surface area contributed by atoms with E-state index in [-0.39, 0.29) is 0 Å². The van der Waals surface area contributed by atoms with Crippen LogP contribution >= 0.6 is 0 Å². The molecule has 0 aromatic heterocycles. The van der Waals surface area contributed by atoms with Crippen LogP contribution < -0.4 is 5.32 Å². The second kappa shape index (κ2) is 5.72. The van der Waals surface area contributed by atoms with Crippen molar-refractivity contribution < 1.29 is 0 Å². The Bertz CT molecular complexity index is 328. The fourth-order valence-electron chi connectivity index (χ4n) is 1.76. The zero-order valence-corrected chi connectivity index (χ0v) is 10.0. The summed E-state index contributed by atoms with van der Waals surface area (Å²) < 4.78 is 0. The van der Waals surface area contributed by atoms with Gasteiger partial charge < -0.3 is 5.32 Å². The van der Waals surface area contributed by atoms with Crippen LogP contribution in [0.5, 0.6) is 0 Å². The first-order valence-electron chi connectivity index (χ1n) is 5.51. The van der Waals surface area contributed by atoms with E-state index in [0.717, 1.165) is 12.8 Å². The van der Waals surface area contributed by atoms with Crippen molar-refractivity contribution in [1.29, 1.82) is 0 Å². The number of rotatable bonds is 5. The Hall–Kier alpha value is -1.08. The van der Waals surface area contributed by atoms with Crippen LogP contribution in [0.15, 0.2) is 36.4 Å². The Morgan fingerprint density at radius 2 is 2.20 bits per heavy atom. The lowest BCUT2D eigenvalue weighted by atomic mass is 9.99. The van der Waals surface area contributed by atoms with Gasteiger partial charge in [-0.2, -0.15) is 0 Å². The van der Waals surface area contributed by atoms with Gasteiger partial charge >= 0.3 is 0 Å². The van der Waals surface area contributed by atoms with Crippen LogP contribution in [-0.4, -0.2) is 7.05 Å². The van der Waals surface area contributed by atoms with Crippen LogP contribution in [0.3, 0.4) is 0 Å². The van der Waals surface area contributed by atoms with Gasteiger partial charge in [0.05, 0.1) is 0 Å². The monoisotopic (exact) mass is 203 g/mol. The maximum atomic E-state index is 3.94. The molecule has 1 aromatic rings. The fourth-order valence-corrected chi connectivity index (χ4v) is 1.76. The van der Waals surface area contributed by atoms with Crippen molar-refractivity contribution in [3.63, 3.8) is 0 Å². The summed E-state index contributed by atoms with van der Waals surface area (Å²) in [4.78, 5) is 0. The zero-order valence-electron chi connectivity index (χ0n) is 10.0. The quantitative estimate of drug-likeness (QED) is 0.721. The second-order valence-electron chi connectivity index (χ2n) is 4.25. The predicted octanol–water partition coefficient (Wildman–Crippen LogP) is 3.61. The molecule has 0 aliphatic carbocycles. The Balaban J connectivity index is 2.69. The maximum absolute atomic E-state index is 3.94. The van der Waals surface area contributed by atoms with Gasteiger partial charge in [0.15, 0.2) is 0 Å². The first-order chi connectivity index (χ1) is 7.13. The third-order valence-electron chi connectivity index (χ3n) is 2.65. The van der Waals surface area contributed by atoms with E-state index in [4.69, 9.17) is 0 Å². The highest BCUT2D eigenvalue weighted by Crippen LogP contribution is 2.20. The molecule has 1 aromatic carbocycles. The van der Waals surface area contributed by atoms with Crippen LogP contribution in [0.1, 0.15) is 36.9 Å². The molecule has 0 amide bonds. The number of aryl methyl sites for hydroxylation is 1. The van der Waals surface area contributed by atoms with Gasteiger partial charge in [-0.05, 0) is 39.3 Å². The van der Waals surface area contributed by atoms with Crippen molar-refractivity contribution in [2.24, 2.45) is 0 Å². The van der Waals surface area contributed by atoms with Gasteiger partial charge in [0.1, 0.15) is 0 Å². The largest absolute Gasteiger partial charge is 0.313 e. The molecule has 0 spiro atoms. The van der Waals surface area contributed by atoms with Gasteiger partial charge in [-0.15, -0.1) is 6.58 Å². The van der Waals surface area contributed by atoms with E-state index in [0.29, 0.717) is 6.04 Å². The molecule has 1 heteroatoms. The van der Waals surface area contributed by atoms with E-state index < -0.39 is 0 Å². The SMILES string of the molecule is C=C(C)CCC(NC)c1cccc(C)c1. The van der Waals surface area contributed by atoms with E-state index in [2.05, 4.69) is 50.0 Å². The average Bonchev–Trinajstić information content (AvgIpc) is 2.18. The molecule has 0 aliphatic rings. The minimum Gasteiger partial charge on any atom is -0.313 e. The highest BCUT2D eigenvalue weighted by atomic mass is 14.9. The van der Waals surface area contributed by atoms with Gasteiger partial charge in [0.25, 0.3) is 0 Å². The molecule has 1 nitrogen and oxygen atoms in total. The predicted molar refractivity (Wildman–Crippen MR) is 67.0 cm³/mol. The van der Waals surface area contributed by atoms with Crippen molar-refractivity contribution in [3.8, 4) is 0 Å². The van der Waals surface area contributed by atoms with Crippen molar-refractivity contribution in [2.45, 2.75) is 32.7 Å². The Kier molecular flexibility index (Phi) is 4.57. The molecule has 1 N–H and O–H groups in total. The molecule has 0 heterocycles. The number of nitrogens with one attached hydrogen (secondary N) is 1. The lowest BCUT2D eigenvalue weighted by Gasteiger charge is -2.17. The second-order valence-corrected chi connectivity index (χ2v) is 4.25. The summed E-state index contributed by atoms with van der Waals surface area (Å²) in [6, 6.07) is 9.14. The highest BCUT2D eigenvalue weighted by Gasteiger charge is 2.08. The summed E-state index contributed by atoms with van der Waals surface area (Å²) in [6.45, 7) is 8.17. The van der Waals surface area contributed by atoms with Gasteiger partial charge in [0, 0.05) is 6.04 Å². The third-order valence-corrected chi connectivity index (χ3v) is 2.65. The third kappa shape index (κ3) is 3.88. The number of hydrogen-bond acceptors (Lipinski definition) is 1. The van der Waals surface area contributed by atoms with Gasteiger partial charge in [-0.3, -0.25) is 0 Å². The number of allylic oxidation sites excluding steroid dienone is 1. The molecule has 1 atom stereocenters. The Labute approximate surface area is 93.2 Å². The Morgan fingerprint density at radius 1 is 1.47 bits per heavy atom. The van der Waals surface area contributed by atoms with Crippen LogP contribution in [0, 0.1) is 6.92 Å². The molecule has 0 saturated heterocycles. The summed E-state index contributed by atoms with van der Waals surface area (Å²) in [5.41, 5.74) is 3.95. The van der Waals surface area contributed by atoms with Crippen LogP contribution in [0.25, 0.3) is 0 Å². The van der Waals surface area contributed by atoms with Gasteiger partial charge in [-0.25, -0.2) is 0 Å². The minimum atomic E-state index is 0.446. The summed E-state index contributed by atoms with van der Waals surface area (Å²) in [5, 5.41) is 3.36. The van der Waals surface area contributed by atoms with Crippen molar-refractivity contribution in [2.75, 3.05) is 7.05 Å². The number of benzene rings is 1. The van der Waals surface area contributed by atoms with Crippen LogP contribution in [0.2, 0.25) is 0 Å². The topological polar surface area (TPSA) is 12.0 Å². The van der Waals surface area contributed by atoms with E-state index >= 15 is 0 Å². The molecule has 0 bridgehead atoms. The highest BCUT2D eigenvalue weighted by molar-refractivity contribution is 5.25. The first-order valence-corrected chi connectivity index (χ1v) is 5.51. The standard InChI is InChI=1S/C14H21N/c1-11(2)8-9-14(15-4)13-7-5-6-12(3)10-13/h5-7,10,14-15H,1,8-9H2,2-4H3. The fraction of sp³-hybridized carbons (Fsp3) is 0.429. The van der Waals surface area contributed by atoms with E-state index in [1.165, 1.54) is 16.7 Å². The maximum Gasteiger partial charge on any atom is 0.0320 e. The van der Waals surface area contributed by atoms with Crippen molar-refractivity contribution in [1.82, 2.24) is 5.32 Å². The molecule has 1 rings (SSSR count). The van der Waals surface area contributed by atoms with Gasteiger partial charge in [0.2, 0.25) is 0 Å². The summed E-state index contributed by atoms with van der Waals surface area (Å²) in [5.74, 6) is 0. The normalized spacial score (nSPS) is 12.5. The molecular formula is C14H21N. The molecule has 0 aliphatic heterocycles. The zero-order chi connectivity index (χ0) is 11.3. The molecular weight excluding hydrogens is 182 g/mol. The smallest absolute Gasteiger partial charge is 0.0320 e. The molecule has 0 saturated carbocycles. The minimum absolute atomic E-state index is 0.446. The van der Waals surface area contributed by atoms with E-state index in [1.807, 2.05) is 7.05 Å². The van der Waals surface area contributed by atoms with Crippen molar-refractivity contribution in [3.05, 3.63) is 47.5 Å². The molecule has 82 valence electrons. The number of hydrogen-bond donors (Lipinski definition) is 1. The Morgan fingerprint density at radius 3 is 2.73 bits per heavy atom. The molecule has 0 fully saturated rings. The lowest BCUT2D eigenvalue weighted by Crippen LogP contribution is -2.16. The van der Waals surface area contributed by atoms with Gasteiger partial charge in [-0.1, -0.05) is 35.4 Å². The summed E-state index contributed by atoms with van der Waals surface area (Å²) in [7, 11) is 2.02. The van der Waals surface area contributed by atoms with E-state index in [9.17, 15) is 0 Å². The van der Waals surface area contributed by atoms with Crippen molar-refractivity contribution >= 4 is 0 Å². The first kappa shape index (κ1) is 12.0. The van der Waals surface area contributed by atoms with Crippen LogP contribution in [-0.2, 0) is 0 Å². The van der Waals surface area contributed by atoms with E-state index in [1.54, 1.807) is 0 Å². The average molecular weight is 203 g/mol. The summed E-state index contributed by atoms with van der Waals surface area (Å²) in [6.07, 6.45) is 2.20. The molecule has 15 heavy (non-hydrogen) atoms. The molecule has 0 radical (unpaired) electrons. The summed E-state index contributed by atoms with van der Waals surface area (Å²) >= 11 is 0. The van der Waals surface area contributed by atoms with Crippen LogP contribution in [0.4, 0.5) is 0 Å². The lowest BCUT2D eigenvalue weighted by molar-refractivity contribution is 0.548.